The lowest BCUT2D eigenvalue weighted by atomic mass is 10.3. The summed E-state index contributed by atoms with van der Waals surface area (Å²) in [7, 11) is 0. The molecule has 0 heterocycles. The summed E-state index contributed by atoms with van der Waals surface area (Å²) in [6, 6.07) is 9.35. The summed E-state index contributed by atoms with van der Waals surface area (Å²) in [5.74, 6) is 1.17. The Bertz CT molecular complexity index is 343. The molecule has 0 saturated heterocycles. The second kappa shape index (κ2) is 8.81. The van der Waals surface area contributed by atoms with Crippen molar-refractivity contribution in [3.63, 3.8) is 0 Å². The lowest BCUT2D eigenvalue weighted by Gasteiger charge is -2.21. The van der Waals surface area contributed by atoms with Crippen LogP contribution in [0.15, 0.2) is 30.3 Å². The number of halogens is 1. The molecular formula is C14H20ClNO2. The molecule has 0 aromatic heterocycles. The van der Waals surface area contributed by atoms with Gasteiger partial charge in [0.15, 0.2) is 6.61 Å². The van der Waals surface area contributed by atoms with E-state index in [-0.39, 0.29) is 12.5 Å². The Hall–Kier alpha value is -1.22. The van der Waals surface area contributed by atoms with Gasteiger partial charge < -0.3 is 9.64 Å². The van der Waals surface area contributed by atoms with Crippen molar-refractivity contribution in [2.45, 2.75) is 19.8 Å². The number of hydrogen-bond donors (Lipinski definition) is 0. The van der Waals surface area contributed by atoms with Crippen molar-refractivity contribution >= 4 is 17.5 Å². The lowest BCUT2D eigenvalue weighted by Crippen LogP contribution is -2.37. The van der Waals surface area contributed by atoms with Gasteiger partial charge in [-0.1, -0.05) is 31.5 Å². The Labute approximate surface area is 114 Å². The Morgan fingerprint density at radius 3 is 2.61 bits per heavy atom. The number of unbranched alkanes of at least 4 members (excludes halogenated alkanes) is 1. The quantitative estimate of drug-likeness (QED) is 0.679. The Balaban J connectivity index is 2.40. The Morgan fingerprint density at radius 1 is 1.28 bits per heavy atom. The molecule has 1 amide bonds. The summed E-state index contributed by atoms with van der Waals surface area (Å²) in [5, 5.41) is 0. The van der Waals surface area contributed by atoms with Crippen LogP contribution in [-0.4, -0.2) is 36.4 Å². The number of amides is 1. The van der Waals surface area contributed by atoms with Gasteiger partial charge in [-0.2, -0.15) is 0 Å². The Morgan fingerprint density at radius 2 is 2.00 bits per heavy atom. The molecule has 0 aliphatic heterocycles. The first-order valence-corrected chi connectivity index (χ1v) is 6.83. The van der Waals surface area contributed by atoms with E-state index in [1.165, 1.54) is 0 Å². The van der Waals surface area contributed by atoms with Gasteiger partial charge in [-0.25, -0.2) is 0 Å². The summed E-state index contributed by atoms with van der Waals surface area (Å²) in [6.45, 7) is 3.51. The largest absolute Gasteiger partial charge is 0.484 e. The molecule has 0 atom stereocenters. The van der Waals surface area contributed by atoms with Gasteiger partial charge in [0.05, 0.1) is 0 Å². The van der Waals surface area contributed by atoms with Crippen LogP contribution >= 0.6 is 11.6 Å². The molecule has 0 aliphatic rings. The van der Waals surface area contributed by atoms with Crippen LogP contribution in [0, 0.1) is 0 Å². The summed E-state index contributed by atoms with van der Waals surface area (Å²) in [5.41, 5.74) is 0. The van der Waals surface area contributed by atoms with Crippen LogP contribution in [0.3, 0.4) is 0 Å². The van der Waals surface area contributed by atoms with Crippen molar-refractivity contribution in [1.29, 1.82) is 0 Å². The third-order valence-corrected chi connectivity index (χ3v) is 2.76. The van der Waals surface area contributed by atoms with Crippen LogP contribution in [0.4, 0.5) is 0 Å². The highest BCUT2D eigenvalue weighted by molar-refractivity contribution is 6.18. The number of carbonyl (C=O) groups is 1. The van der Waals surface area contributed by atoms with E-state index in [1.807, 2.05) is 30.3 Å². The molecule has 0 bridgehead atoms. The molecule has 1 aromatic carbocycles. The zero-order valence-electron chi connectivity index (χ0n) is 10.8. The fourth-order valence-corrected chi connectivity index (χ4v) is 1.77. The van der Waals surface area contributed by atoms with Crippen molar-refractivity contribution in [2.75, 3.05) is 25.6 Å². The van der Waals surface area contributed by atoms with Crippen LogP contribution in [0.1, 0.15) is 19.8 Å². The third-order valence-electron chi connectivity index (χ3n) is 2.59. The van der Waals surface area contributed by atoms with E-state index in [4.69, 9.17) is 16.3 Å². The number of alkyl halides is 1. The zero-order valence-corrected chi connectivity index (χ0v) is 11.5. The highest BCUT2D eigenvalue weighted by Crippen LogP contribution is 2.08. The molecule has 100 valence electrons. The molecule has 0 N–H and O–H groups in total. The predicted octanol–water partition coefficient (Wildman–Crippen LogP) is 2.93. The van der Waals surface area contributed by atoms with E-state index in [9.17, 15) is 4.79 Å². The van der Waals surface area contributed by atoms with E-state index in [0.29, 0.717) is 18.2 Å². The number of ether oxygens (including phenoxy) is 1. The van der Waals surface area contributed by atoms with Crippen LogP contribution in [0.2, 0.25) is 0 Å². The van der Waals surface area contributed by atoms with Crippen molar-refractivity contribution < 1.29 is 9.53 Å². The van der Waals surface area contributed by atoms with Gasteiger partial charge in [0, 0.05) is 19.0 Å². The number of carbonyl (C=O) groups excluding carboxylic acids is 1. The molecule has 0 spiro atoms. The average Bonchev–Trinajstić information content (AvgIpc) is 2.42. The van der Waals surface area contributed by atoms with Crippen LogP contribution < -0.4 is 4.74 Å². The number of rotatable bonds is 8. The molecule has 1 aromatic rings. The Kier molecular flexibility index (Phi) is 7.26. The zero-order chi connectivity index (χ0) is 13.2. The van der Waals surface area contributed by atoms with E-state index in [1.54, 1.807) is 4.90 Å². The van der Waals surface area contributed by atoms with Crippen molar-refractivity contribution in [2.24, 2.45) is 0 Å². The average molecular weight is 270 g/mol. The highest BCUT2D eigenvalue weighted by atomic mass is 35.5. The van der Waals surface area contributed by atoms with E-state index >= 15 is 0 Å². The lowest BCUT2D eigenvalue weighted by molar-refractivity contribution is -0.133. The second-order valence-electron chi connectivity index (χ2n) is 4.03. The minimum atomic E-state index is -0.00652. The van der Waals surface area contributed by atoms with Crippen molar-refractivity contribution in [3.05, 3.63) is 30.3 Å². The first-order chi connectivity index (χ1) is 8.77. The molecule has 0 aliphatic carbocycles. The molecule has 0 saturated carbocycles. The summed E-state index contributed by atoms with van der Waals surface area (Å²) in [4.78, 5) is 13.7. The van der Waals surface area contributed by atoms with Crippen molar-refractivity contribution in [3.8, 4) is 5.75 Å². The first kappa shape index (κ1) is 14.8. The molecule has 1 rings (SSSR count). The van der Waals surface area contributed by atoms with Gasteiger partial charge in [-0.05, 0) is 18.6 Å². The van der Waals surface area contributed by atoms with E-state index in [2.05, 4.69) is 6.92 Å². The minimum Gasteiger partial charge on any atom is -0.484 e. The van der Waals surface area contributed by atoms with Gasteiger partial charge in [0.1, 0.15) is 5.75 Å². The molecule has 0 unspecified atom stereocenters. The maximum Gasteiger partial charge on any atom is 0.260 e. The SMILES string of the molecule is CCCCN(CCCl)C(=O)COc1ccccc1. The normalized spacial score (nSPS) is 10.1. The second-order valence-corrected chi connectivity index (χ2v) is 4.40. The molecule has 3 nitrogen and oxygen atoms in total. The van der Waals surface area contributed by atoms with E-state index in [0.717, 1.165) is 19.4 Å². The molecule has 4 heteroatoms. The number of nitrogens with zero attached hydrogens (tertiary/aromatic N) is 1. The van der Waals surface area contributed by atoms with Gasteiger partial charge in [0.2, 0.25) is 0 Å². The third kappa shape index (κ3) is 5.41. The minimum absolute atomic E-state index is 0.00652. The van der Waals surface area contributed by atoms with Gasteiger partial charge >= 0.3 is 0 Å². The summed E-state index contributed by atoms with van der Waals surface area (Å²) >= 11 is 5.70. The van der Waals surface area contributed by atoms with Gasteiger partial charge in [-0.3, -0.25) is 4.79 Å². The fourth-order valence-electron chi connectivity index (χ4n) is 1.57. The van der Waals surface area contributed by atoms with Crippen molar-refractivity contribution in [1.82, 2.24) is 4.90 Å². The maximum absolute atomic E-state index is 12.0. The standard InChI is InChI=1S/C14H20ClNO2/c1-2-3-10-16(11-9-15)14(17)12-18-13-7-5-4-6-8-13/h4-8H,2-3,9-12H2,1H3. The summed E-state index contributed by atoms with van der Waals surface area (Å²) < 4.78 is 5.44. The monoisotopic (exact) mass is 269 g/mol. The molecule has 18 heavy (non-hydrogen) atoms. The number of hydrogen-bond acceptors (Lipinski definition) is 2. The number of para-hydroxylation sites is 1. The van der Waals surface area contributed by atoms with Gasteiger partial charge in [-0.15, -0.1) is 11.6 Å². The fraction of sp³-hybridized carbons (Fsp3) is 0.500. The molecular weight excluding hydrogens is 250 g/mol. The topological polar surface area (TPSA) is 29.5 Å². The predicted molar refractivity (Wildman–Crippen MR) is 74.1 cm³/mol. The van der Waals surface area contributed by atoms with Gasteiger partial charge in [0.25, 0.3) is 5.91 Å². The molecule has 0 radical (unpaired) electrons. The number of benzene rings is 1. The van der Waals surface area contributed by atoms with Crippen LogP contribution in [-0.2, 0) is 4.79 Å². The smallest absolute Gasteiger partial charge is 0.260 e. The van der Waals surface area contributed by atoms with Crippen LogP contribution in [0.25, 0.3) is 0 Å². The first-order valence-electron chi connectivity index (χ1n) is 6.29. The molecule has 0 fully saturated rings. The summed E-state index contributed by atoms with van der Waals surface area (Å²) in [6.07, 6.45) is 2.06. The highest BCUT2D eigenvalue weighted by Gasteiger charge is 2.12. The van der Waals surface area contributed by atoms with E-state index < -0.39 is 0 Å². The van der Waals surface area contributed by atoms with Crippen LogP contribution in [0.5, 0.6) is 5.75 Å². The maximum atomic E-state index is 12.0.